The van der Waals surface area contributed by atoms with Crippen molar-refractivity contribution in [2.75, 3.05) is 0 Å². The molecule has 17 heavy (non-hydrogen) atoms. The number of aromatic nitrogens is 2. The molecule has 0 aliphatic heterocycles. The second-order valence-electron chi connectivity index (χ2n) is 5.26. The fourth-order valence-electron chi connectivity index (χ4n) is 1.54. The van der Waals surface area contributed by atoms with Gasteiger partial charge in [-0.15, -0.1) is 0 Å². The third-order valence-corrected chi connectivity index (χ3v) is 2.52. The van der Waals surface area contributed by atoms with Crippen LogP contribution in [-0.2, 0) is 13.1 Å². The highest BCUT2D eigenvalue weighted by atomic mass is 15.1. The summed E-state index contributed by atoms with van der Waals surface area (Å²) in [6, 6.07) is 2.17. The van der Waals surface area contributed by atoms with Crippen molar-refractivity contribution in [1.29, 1.82) is 5.26 Å². The summed E-state index contributed by atoms with van der Waals surface area (Å²) in [5, 5.41) is 11.9. The lowest BCUT2D eigenvalue weighted by Crippen LogP contribution is -2.35. The Morgan fingerprint density at radius 1 is 1.41 bits per heavy atom. The highest BCUT2D eigenvalue weighted by Crippen LogP contribution is 2.05. The third-order valence-electron chi connectivity index (χ3n) is 2.52. The zero-order valence-corrected chi connectivity index (χ0v) is 11.0. The summed E-state index contributed by atoms with van der Waals surface area (Å²) in [7, 11) is 0. The molecule has 0 atom stereocenters. The smallest absolute Gasteiger partial charge is 0.122 e. The highest BCUT2D eigenvalue weighted by molar-refractivity contribution is 4.93. The zero-order valence-electron chi connectivity index (χ0n) is 11.0. The van der Waals surface area contributed by atoms with Crippen molar-refractivity contribution >= 4 is 0 Å². The molecule has 1 aromatic rings. The molecule has 0 aliphatic carbocycles. The number of nitrogens with zero attached hydrogens (tertiary/aromatic N) is 3. The fourth-order valence-corrected chi connectivity index (χ4v) is 1.54. The molecule has 1 N–H and O–H groups in total. The molecule has 0 amide bonds. The maximum absolute atomic E-state index is 8.47. The SMILES string of the molecule is CC(C)(C)NCc1nccn1CCCCC#N. The number of rotatable bonds is 6. The first kappa shape index (κ1) is 13.7. The van der Waals surface area contributed by atoms with Crippen molar-refractivity contribution in [3.05, 3.63) is 18.2 Å². The van der Waals surface area contributed by atoms with Crippen LogP contribution in [0.4, 0.5) is 0 Å². The number of nitrogens with one attached hydrogen (secondary N) is 1. The zero-order chi connectivity index (χ0) is 12.7. The highest BCUT2D eigenvalue weighted by Gasteiger charge is 2.10. The standard InChI is InChI=1S/C13H22N4/c1-13(2,3)16-11-12-15-8-10-17(12)9-6-4-5-7-14/h8,10,16H,4-6,9,11H2,1-3H3. The monoisotopic (exact) mass is 234 g/mol. The molecule has 0 fully saturated rings. The Hall–Kier alpha value is -1.34. The Morgan fingerprint density at radius 2 is 2.18 bits per heavy atom. The Balaban J connectivity index is 2.41. The van der Waals surface area contributed by atoms with Crippen LogP contribution in [-0.4, -0.2) is 15.1 Å². The predicted octanol–water partition coefficient (Wildman–Crippen LogP) is 2.47. The van der Waals surface area contributed by atoms with E-state index in [-0.39, 0.29) is 5.54 Å². The van der Waals surface area contributed by atoms with Crippen LogP contribution in [0.1, 0.15) is 45.9 Å². The molecule has 0 unspecified atom stereocenters. The average molecular weight is 234 g/mol. The van der Waals surface area contributed by atoms with Gasteiger partial charge >= 0.3 is 0 Å². The second-order valence-corrected chi connectivity index (χ2v) is 5.26. The van der Waals surface area contributed by atoms with E-state index in [0.29, 0.717) is 6.42 Å². The van der Waals surface area contributed by atoms with E-state index in [2.05, 4.69) is 41.7 Å². The average Bonchev–Trinajstić information content (AvgIpc) is 2.68. The van der Waals surface area contributed by atoms with Crippen molar-refractivity contribution in [2.24, 2.45) is 0 Å². The summed E-state index contributed by atoms with van der Waals surface area (Å²) in [5.41, 5.74) is 0.109. The molecule has 0 saturated heterocycles. The minimum Gasteiger partial charge on any atom is -0.334 e. The van der Waals surface area contributed by atoms with Gasteiger partial charge < -0.3 is 9.88 Å². The summed E-state index contributed by atoms with van der Waals surface area (Å²) in [4.78, 5) is 4.35. The lowest BCUT2D eigenvalue weighted by Gasteiger charge is -2.20. The Kier molecular flexibility index (Phi) is 5.17. The number of hydrogen-bond acceptors (Lipinski definition) is 3. The molecular weight excluding hydrogens is 212 g/mol. The van der Waals surface area contributed by atoms with Crippen LogP contribution in [0.2, 0.25) is 0 Å². The molecule has 1 aromatic heterocycles. The summed E-state index contributed by atoms with van der Waals surface area (Å²) >= 11 is 0. The predicted molar refractivity (Wildman–Crippen MR) is 68.3 cm³/mol. The van der Waals surface area contributed by atoms with Gasteiger partial charge in [0.1, 0.15) is 5.82 Å². The van der Waals surface area contributed by atoms with Gasteiger partial charge in [0.15, 0.2) is 0 Å². The van der Waals surface area contributed by atoms with E-state index < -0.39 is 0 Å². The van der Waals surface area contributed by atoms with Gasteiger partial charge in [-0.05, 0) is 33.6 Å². The van der Waals surface area contributed by atoms with Gasteiger partial charge in [-0.25, -0.2) is 4.98 Å². The molecule has 0 bridgehead atoms. The fraction of sp³-hybridized carbons (Fsp3) is 0.692. The maximum atomic E-state index is 8.47. The van der Waals surface area contributed by atoms with E-state index in [1.807, 2.05) is 12.4 Å². The Labute approximate surface area is 104 Å². The largest absolute Gasteiger partial charge is 0.334 e. The minimum absolute atomic E-state index is 0.109. The molecule has 4 nitrogen and oxygen atoms in total. The van der Waals surface area contributed by atoms with Crippen LogP contribution in [0.3, 0.4) is 0 Å². The molecule has 1 heterocycles. The number of hydrogen-bond donors (Lipinski definition) is 1. The molecule has 4 heteroatoms. The van der Waals surface area contributed by atoms with Gasteiger partial charge in [0.25, 0.3) is 0 Å². The van der Waals surface area contributed by atoms with Crippen molar-refractivity contribution < 1.29 is 0 Å². The lowest BCUT2D eigenvalue weighted by atomic mass is 10.1. The van der Waals surface area contributed by atoms with Crippen LogP contribution in [0.15, 0.2) is 12.4 Å². The Morgan fingerprint density at radius 3 is 2.82 bits per heavy atom. The summed E-state index contributed by atoms with van der Waals surface area (Å²) < 4.78 is 2.16. The molecule has 1 rings (SSSR count). The quantitative estimate of drug-likeness (QED) is 0.769. The van der Waals surface area contributed by atoms with Crippen LogP contribution in [0, 0.1) is 11.3 Å². The molecule has 0 aromatic carbocycles. The summed E-state index contributed by atoms with van der Waals surface area (Å²) in [6.45, 7) is 8.17. The van der Waals surface area contributed by atoms with Gasteiger partial charge in [0.05, 0.1) is 12.6 Å². The van der Waals surface area contributed by atoms with Gasteiger partial charge in [-0.3, -0.25) is 0 Å². The normalized spacial score (nSPS) is 11.4. The van der Waals surface area contributed by atoms with Crippen LogP contribution in [0.25, 0.3) is 0 Å². The van der Waals surface area contributed by atoms with Crippen molar-refractivity contribution in [3.8, 4) is 6.07 Å². The maximum Gasteiger partial charge on any atom is 0.122 e. The van der Waals surface area contributed by atoms with Gasteiger partial charge in [-0.2, -0.15) is 5.26 Å². The minimum atomic E-state index is 0.109. The summed E-state index contributed by atoms with van der Waals surface area (Å²) in [5.74, 6) is 1.07. The van der Waals surface area contributed by atoms with Crippen molar-refractivity contribution in [3.63, 3.8) is 0 Å². The van der Waals surface area contributed by atoms with Crippen molar-refractivity contribution in [2.45, 2.75) is 58.7 Å². The lowest BCUT2D eigenvalue weighted by molar-refractivity contribution is 0.410. The van der Waals surface area contributed by atoms with Crippen LogP contribution in [0.5, 0.6) is 0 Å². The number of aryl methyl sites for hydroxylation is 1. The van der Waals surface area contributed by atoms with Crippen molar-refractivity contribution in [1.82, 2.24) is 14.9 Å². The molecule has 0 radical (unpaired) electrons. The molecule has 0 spiro atoms. The molecule has 0 aliphatic rings. The van der Waals surface area contributed by atoms with Crippen LogP contribution >= 0.6 is 0 Å². The first-order valence-corrected chi connectivity index (χ1v) is 6.15. The first-order valence-electron chi connectivity index (χ1n) is 6.15. The number of unbranched alkanes of at least 4 members (excludes halogenated alkanes) is 2. The molecule has 0 saturated carbocycles. The van der Waals surface area contributed by atoms with E-state index in [4.69, 9.17) is 5.26 Å². The van der Waals surface area contributed by atoms with E-state index >= 15 is 0 Å². The Bertz CT molecular complexity index is 368. The van der Waals surface area contributed by atoms with E-state index in [1.54, 1.807) is 0 Å². The van der Waals surface area contributed by atoms with Gasteiger partial charge in [0, 0.05) is 30.9 Å². The van der Waals surface area contributed by atoms with Gasteiger partial charge in [-0.1, -0.05) is 0 Å². The summed E-state index contributed by atoms with van der Waals surface area (Å²) in [6.07, 6.45) is 6.48. The second kappa shape index (κ2) is 6.41. The van der Waals surface area contributed by atoms with Gasteiger partial charge in [0.2, 0.25) is 0 Å². The first-order chi connectivity index (χ1) is 8.03. The van der Waals surface area contributed by atoms with E-state index in [9.17, 15) is 0 Å². The third kappa shape index (κ3) is 5.50. The number of imidazole rings is 1. The van der Waals surface area contributed by atoms with E-state index in [0.717, 1.165) is 31.8 Å². The molecule has 94 valence electrons. The van der Waals surface area contributed by atoms with Crippen LogP contribution < -0.4 is 5.32 Å². The number of nitriles is 1. The topological polar surface area (TPSA) is 53.6 Å². The van der Waals surface area contributed by atoms with E-state index in [1.165, 1.54) is 0 Å². The molecular formula is C13H22N4.